The molecule has 0 aromatic carbocycles. The third-order valence-electron chi connectivity index (χ3n) is 4.39. The molecule has 5 N–H and O–H groups in total. The highest BCUT2D eigenvalue weighted by Gasteiger charge is 2.34. The molecule has 2 aliphatic rings. The lowest BCUT2D eigenvalue weighted by atomic mass is 9.99. The van der Waals surface area contributed by atoms with E-state index in [1.54, 1.807) is 18.3 Å². The van der Waals surface area contributed by atoms with Crippen molar-refractivity contribution in [1.29, 1.82) is 0 Å². The molecule has 132 valence electrons. The largest absolute Gasteiger partial charge is 0.397 e. The third kappa shape index (κ3) is 3.17. The standard InChI is InChI=1S/C15H22N6O.C2H6/c1-8-12(21(3)17)11(16)10-6-7-18-14(13(10)20(8)2)19-15(22)9-4-5-9;1-2/h6-9H,4-5,16-17H2,1-3H3,(H,18,19,22);1-2H3. The molecule has 1 amide bonds. The summed E-state index contributed by atoms with van der Waals surface area (Å²) in [6.07, 6.45) is 3.57. The quantitative estimate of drug-likeness (QED) is 0.576. The average molecular weight is 332 g/mol. The first-order valence-corrected chi connectivity index (χ1v) is 8.43. The number of nitrogens with zero attached hydrogens (tertiary/aromatic N) is 3. The van der Waals surface area contributed by atoms with Crippen molar-refractivity contribution in [2.45, 2.75) is 39.7 Å². The number of aromatic nitrogens is 1. The van der Waals surface area contributed by atoms with Crippen molar-refractivity contribution in [2.24, 2.45) is 17.5 Å². The molecule has 1 aromatic heterocycles. The number of hydrazine groups is 1. The summed E-state index contributed by atoms with van der Waals surface area (Å²) in [6.45, 7) is 6.02. The summed E-state index contributed by atoms with van der Waals surface area (Å²) in [5.41, 5.74) is 9.46. The Morgan fingerprint density at radius 3 is 2.58 bits per heavy atom. The van der Waals surface area contributed by atoms with Crippen molar-refractivity contribution in [2.75, 3.05) is 24.3 Å². The zero-order valence-corrected chi connectivity index (χ0v) is 15.1. The minimum Gasteiger partial charge on any atom is -0.397 e. The van der Waals surface area contributed by atoms with Gasteiger partial charge in [0.05, 0.1) is 23.1 Å². The molecule has 1 unspecified atom stereocenters. The van der Waals surface area contributed by atoms with Gasteiger partial charge in [0.2, 0.25) is 5.91 Å². The van der Waals surface area contributed by atoms with Crippen LogP contribution in [0.4, 0.5) is 11.5 Å². The average Bonchev–Trinajstić information content (AvgIpc) is 3.39. The Morgan fingerprint density at radius 1 is 1.42 bits per heavy atom. The molecule has 0 saturated heterocycles. The number of likely N-dealkylation sites (N-methyl/N-ethyl adjacent to an activating group) is 2. The second-order valence-electron chi connectivity index (χ2n) is 6.02. The number of hydrogen-bond acceptors (Lipinski definition) is 6. The minimum absolute atomic E-state index is 0.0109. The molecule has 3 rings (SSSR count). The number of pyridine rings is 1. The van der Waals surface area contributed by atoms with Gasteiger partial charge in [-0.3, -0.25) is 4.79 Å². The van der Waals surface area contributed by atoms with E-state index < -0.39 is 0 Å². The Hall–Kier alpha value is -2.28. The van der Waals surface area contributed by atoms with Gasteiger partial charge >= 0.3 is 0 Å². The molecule has 0 spiro atoms. The number of anilines is 2. The van der Waals surface area contributed by atoms with Crippen molar-refractivity contribution in [3.8, 4) is 0 Å². The van der Waals surface area contributed by atoms with Crippen LogP contribution in [0.3, 0.4) is 0 Å². The van der Waals surface area contributed by atoms with E-state index in [-0.39, 0.29) is 17.9 Å². The summed E-state index contributed by atoms with van der Waals surface area (Å²) >= 11 is 0. The van der Waals surface area contributed by atoms with Crippen LogP contribution in [0.25, 0.3) is 5.70 Å². The van der Waals surface area contributed by atoms with Gasteiger partial charge in [-0.25, -0.2) is 10.8 Å². The first-order chi connectivity index (χ1) is 11.4. The van der Waals surface area contributed by atoms with Crippen molar-refractivity contribution < 1.29 is 4.79 Å². The highest BCUT2D eigenvalue weighted by Crippen LogP contribution is 2.40. The lowest BCUT2D eigenvalue weighted by Gasteiger charge is -2.39. The maximum Gasteiger partial charge on any atom is 0.228 e. The summed E-state index contributed by atoms with van der Waals surface area (Å²) in [6, 6.07) is 1.84. The number of carbonyl (C=O) groups is 1. The number of amides is 1. The van der Waals surface area contributed by atoms with Gasteiger partial charge in [-0.05, 0) is 25.8 Å². The van der Waals surface area contributed by atoms with Gasteiger partial charge in [0, 0.05) is 31.8 Å². The van der Waals surface area contributed by atoms with E-state index in [9.17, 15) is 4.79 Å². The summed E-state index contributed by atoms with van der Waals surface area (Å²) in [4.78, 5) is 18.4. The Kier molecular flexibility index (Phi) is 5.33. The number of nitrogens with two attached hydrogens (primary N) is 2. The molecule has 1 aliphatic carbocycles. The Labute approximate surface area is 143 Å². The molecule has 24 heavy (non-hydrogen) atoms. The minimum atomic E-state index is -0.0109. The molecule has 0 bridgehead atoms. The fourth-order valence-electron chi connectivity index (χ4n) is 2.91. The summed E-state index contributed by atoms with van der Waals surface area (Å²) in [5.74, 6) is 6.64. The van der Waals surface area contributed by atoms with Gasteiger partial charge in [-0.15, -0.1) is 0 Å². The maximum absolute atomic E-state index is 12.1. The van der Waals surface area contributed by atoms with Crippen LogP contribution in [0.5, 0.6) is 0 Å². The van der Waals surface area contributed by atoms with Crippen LogP contribution in [-0.2, 0) is 4.79 Å². The second-order valence-corrected chi connectivity index (χ2v) is 6.02. The zero-order chi connectivity index (χ0) is 18.0. The Balaban J connectivity index is 0.00000100. The molecule has 7 nitrogen and oxygen atoms in total. The smallest absolute Gasteiger partial charge is 0.228 e. The number of carbonyl (C=O) groups excluding carboxylic acids is 1. The number of hydrogen-bond donors (Lipinski definition) is 3. The second kappa shape index (κ2) is 7.09. The molecular weight excluding hydrogens is 304 g/mol. The normalized spacial score (nSPS) is 19.2. The monoisotopic (exact) mass is 332 g/mol. The maximum atomic E-state index is 12.1. The van der Waals surface area contributed by atoms with E-state index in [2.05, 4.69) is 10.3 Å². The van der Waals surface area contributed by atoms with Crippen LogP contribution >= 0.6 is 0 Å². The summed E-state index contributed by atoms with van der Waals surface area (Å²) < 4.78 is 0. The Morgan fingerprint density at radius 2 is 2.04 bits per heavy atom. The lowest BCUT2D eigenvalue weighted by Crippen LogP contribution is -2.44. The van der Waals surface area contributed by atoms with E-state index in [1.165, 1.54) is 0 Å². The van der Waals surface area contributed by atoms with Crippen molar-refractivity contribution in [1.82, 2.24) is 9.99 Å². The van der Waals surface area contributed by atoms with Gasteiger partial charge in [-0.1, -0.05) is 13.8 Å². The van der Waals surface area contributed by atoms with Crippen LogP contribution < -0.4 is 21.8 Å². The van der Waals surface area contributed by atoms with Crippen molar-refractivity contribution in [3.05, 3.63) is 23.5 Å². The number of fused-ring (bicyclic) bond motifs is 1. The van der Waals surface area contributed by atoms with Crippen molar-refractivity contribution in [3.63, 3.8) is 0 Å². The van der Waals surface area contributed by atoms with Gasteiger partial charge in [0.15, 0.2) is 5.82 Å². The Bertz CT molecular complexity index is 650. The van der Waals surface area contributed by atoms with Crippen LogP contribution in [0.15, 0.2) is 18.0 Å². The first kappa shape index (κ1) is 18.1. The van der Waals surface area contributed by atoms with Crippen LogP contribution in [0.2, 0.25) is 0 Å². The molecule has 1 aliphatic heterocycles. The molecule has 1 saturated carbocycles. The fraction of sp³-hybridized carbons (Fsp3) is 0.529. The lowest BCUT2D eigenvalue weighted by molar-refractivity contribution is -0.117. The van der Waals surface area contributed by atoms with E-state index in [0.717, 1.165) is 29.8 Å². The SMILES string of the molecule is CC.CC1C(N(C)N)=C(N)c2ccnc(NC(=O)C3CC3)c2N1C. The van der Waals surface area contributed by atoms with Crippen LogP contribution in [0.1, 0.15) is 39.2 Å². The van der Waals surface area contributed by atoms with Crippen LogP contribution in [0, 0.1) is 5.92 Å². The molecule has 7 heteroatoms. The topological polar surface area (TPSA) is 101 Å². The molecule has 1 fully saturated rings. The van der Waals surface area contributed by atoms with E-state index in [0.29, 0.717) is 11.5 Å². The van der Waals surface area contributed by atoms with E-state index in [1.807, 2.05) is 38.8 Å². The molecular formula is C17H28N6O. The van der Waals surface area contributed by atoms with E-state index >= 15 is 0 Å². The third-order valence-corrected chi connectivity index (χ3v) is 4.39. The molecule has 2 heterocycles. The van der Waals surface area contributed by atoms with Gasteiger partial charge in [-0.2, -0.15) is 0 Å². The predicted molar refractivity (Wildman–Crippen MR) is 97.9 cm³/mol. The van der Waals surface area contributed by atoms with E-state index in [4.69, 9.17) is 11.6 Å². The highest BCUT2D eigenvalue weighted by atomic mass is 16.2. The van der Waals surface area contributed by atoms with Crippen molar-refractivity contribution >= 4 is 23.1 Å². The molecule has 1 aromatic rings. The molecule has 0 radical (unpaired) electrons. The predicted octanol–water partition coefficient (Wildman–Crippen LogP) is 1.73. The number of nitrogens with one attached hydrogen (secondary N) is 1. The van der Waals surface area contributed by atoms with Gasteiger partial charge in [0.1, 0.15) is 0 Å². The summed E-state index contributed by atoms with van der Waals surface area (Å²) in [7, 11) is 3.72. The van der Waals surface area contributed by atoms with Crippen LogP contribution in [-0.4, -0.2) is 36.0 Å². The van der Waals surface area contributed by atoms with Gasteiger partial charge in [0.25, 0.3) is 0 Å². The zero-order valence-electron chi connectivity index (χ0n) is 15.1. The highest BCUT2D eigenvalue weighted by molar-refractivity contribution is 5.98. The summed E-state index contributed by atoms with van der Waals surface area (Å²) in [5, 5.41) is 4.48. The van der Waals surface area contributed by atoms with Gasteiger partial charge < -0.3 is 21.0 Å². The number of rotatable bonds is 3. The fourth-order valence-corrected chi connectivity index (χ4v) is 2.91. The molecule has 1 atom stereocenters. The first-order valence-electron chi connectivity index (χ1n) is 8.43.